The van der Waals surface area contributed by atoms with Crippen molar-refractivity contribution in [3.8, 4) is 6.07 Å². The minimum atomic E-state index is -0.498. The summed E-state index contributed by atoms with van der Waals surface area (Å²) in [5.74, 6) is 0.167. The topological polar surface area (TPSA) is 50.1 Å². The Bertz CT molecular complexity index is 243. The number of esters is 1. The van der Waals surface area contributed by atoms with Gasteiger partial charge in [-0.3, -0.25) is 4.79 Å². The first kappa shape index (κ1) is 14.0. The highest BCUT2D eigenvalue weighted by atomic mass is 16.6. The van der Waals surface area contributed by atoms with Gasteiger partial charge in [0.15, 0.2) is 0 Å². The first-order valence-electron chi connectivity index (χ1n) is 5.43. The number of hydrogen-bond donors (Lipinski definition) is 0. The van der Waals surface area contributed by atoms with Crippen LogP contribution in [0.3, 0.4) is 0 Å². The van der Waals surface area contributed by atoms with Crippen molar-refractivity contribution in [1.29, 1.82) is 5.26 Å². The number of rotatable bonds is 5. The van der Waals surface area contributed by atoms with Crippen molar-refractivity contribution in [3.05, 3.63) is 0 Å². The number of carbonyl (C=O) groups is 1. The van der Waals surface area contributed by atoms with Crippen LogP contribution in [0, 0.1) is 23.2 Å². The van der Waals surface area contributed by atoms with E-state index >= 15 is 0 Å². The van der Waals surface area contributed by atoms with Gasteiger partial charge in [0.2, 0.25) is 0 Å². The molecule has 0 aliphatic carbocycles. The third kappa shape index (κ3) is 3.54. The average Bonchev–Trinajstić information content (AvgIpc) is 2.10. The highest BCUT2D eigenvalue weighted by Gasteiger charge is 2.39. The molecule has 15 heavy (non-hydrogen) atoms. The van der Waals surface area contributed by atoms with E-state index in [2.05, 4.69) is 6.07 Å². The maximum atomic E-state index is 11.1. The van der Waals surface area contributed by atoms with Crippen LogP contribution in [0.2, 0.25) is 0 Å². The van der Waals surface area contributed by atoms with Gasteiger partial charge in [-0.15, -0.1) is 0 Å². The lowest BCUT2D eigenvalue weighted by atomic mass is 9.77. The molecule has 0 unspecified atom stereocenters. The van der Waals surface area contributed by atoms with Gasteiger partial charge in [0, 0.05) is 19.8 Å². The smallest absolute Gasteiger partial charge is 0.303 e. The molecule has 0 radical (unpaired) electrons. The van der Waals surface area contributed by atoms with Gasteiger partial charge in [0.1, 0.15) is 5.60 Å². The summed E-state index contributed by atoms with van der Waals surface area (Å²) in [6.07, 6.45) is 1.03. The Balaban J connectivity index is 4.91. The van der Waals surface area contributed by atoms with Gasteiger partial charge in [-0.05, 0) is 11.8 Å². The first-order valence-corrected chi connectivity index (χ1v) is 5.43. The van der Waals surface area contributed by atoms with Gasteiger partial charge >= 0.3 is 5.97 Å². The standard InChI is InChI=1S/C12H21NO2/c1-9(2)12(10(3)4,7-6-8-13)15-11(5)14/h9-10H,6-7H2,1-5H3. The number of carbonyl (C=O) groups excluding carboxylic acids is 1. The summed E-state index contributed by atoms with van der Waals surface area (Å²) in [4.78, 5) is 11.1. The maximum Gasteiger partial charge on any atom is 0.303 e. The van der Waals surface area contributed by atoms with Crippen LogP contribution in [0.5, 0.6) is 0 Å². The van der Waals surface area contributed by atoms with Gasteiger partial charge in [-0.1, -0.05) is 27.7 Å². The van der Waals surface area contributed by atoms with Crippen LogP contribution in [0.1, 0.15) is 47.5 Å². The fourth-order valence-electron chi connectivity index (χ4n) is 2.05. The second-order valence-electron chi connectivity index (χ2n) is 4.52. The van der Waals surface area contributed by atoms with E-state index in [-0.39, 0.29) is 17.8 Å². The third-order valence-corrected chi connectivity index (χ3v) is 2.92. The molecule has 0 saturated carbocycles. The quantitative estimate of drug-likeness (QED) is 0.657. The Hall–Kier alpha value is -1.04. The minimum Gasteiger partial charge on any atom is -0.459 e. The highest BCUT2D eigenvalue weighted by Crippen LogP contribution is 2.35. The summed E-state index contributed by atoms with van der Waals surface area (Å²) in [7, 11) is 0. The number of ether oxygens (including phenoxy) is 1. The SMILES string of the molecule is CC(=O)OC(CCC#N)(C(C)C)C(C)C. The van der Waals surface area contributed by atoms with E-state index in [1.54, 1.807) is 0 Å². The monoisotopic (exact) mass is 211 g/mol. The van der Waals surface area contributed by atoms with E-state index < -0.39 is 5.60 Å². The van der Waals surface area contributed by atoms with Gasteiger partial charge in [0.25, 0.3) is 0 Å². The molecule has 0 fully saturated rings. The number of nitriles is 1. The summed E-state index contributed by atoms with van der Waals surface area (Å²) in [6, 6.07) is 2.11. The molecule has 0 aliphatic rings. The van der Waals surface area contributed by atoms with Crippen LogP contribution in [-0.4, -0.2) is 11.6 Å². The van der Waals surface area contributed by atoms with E-state index in [1.165, 1.54) is 6.92 Å². The highest BCUT2D eigenvalue weighted by molar-refractivity contribution is 5.66. The molecule has 0 aliphatic heterocycles. The molecule has 0 aromatic rings. The van der Waals surface area contributed by atoms with Crippen molar-refractivity contribution in [2.24, 2.45) is 11.8 Å². The van der Waals surface area contributed by atoms with Crippen LogP contribution in [0.4, 0.5) is 0 Å². The summed E-state index contributed by atoms with van der Waals surface area (Å²) in [6.45, 7) is 9.53. The molecule has 0 heterocycles. The Morgan fingerprint density at radius 1 is 1.33 bits per heavy atom. The third-order valence-electron chi connectivity index (χ3n) is 2.92. The molecule has 0 aromatic heterocycles. The lowest BCUT2D eigenvalue weighted by molar-refractivity contribution is -0.170. The number of nitrogens with zero attached hydrogens (tertiary/aromatic N) is 1. The van der Waals surface area contributed by atoms with Crippen LogP contribution in [0.15, 0.2) is 0 Å². The van der Waals surface area contributed by atoms with Crippen LogP contribution >= 0.6 is 0 Å². The van der Waals surface area contributed by atoms with Gasteiger partial charge < -0.3 is 4.74 Å². The summed E-state index contributed by atoms with van der Waals surface area (Å²) in [5, 5.41) is 8.64. The Morgan fingerprint density at radius 2 is 1.80 bits per heavy atom. The molecule has 0 amide bonds. The fourth-order valence-corrected chi connectivity index (χ4v) is 2.05. The predicted molar refractivity (Wildman–Crippen MR) is 59.0 cm³/mol. The van der Waals surface area contributed by atoms with Crippen LogP contribution in [0.25, 0.3) is 0 Å². The van der Waals surface area contributed by atoms with Crippen LogP contribution < -0.4 is 0 Å². The maximum absolute atomic E-state index is 11.1. The molecule has 3 nitrogen and oxygen atoms in total. The van der Waals surface area contributed by atoms with Gasteiger partial charge in [-0.25, -0.2) is 0 Å². The molecule has 0 saturated heterocycles. The van der Waals surface area contributed by atoms with E-state index in [4.69, 9.17) is 10.00 Å². The van der Waals surface area contributed by atoms with E-state index in [0.29, 0.717) is 12.8 Å². The second kappa shape index (κ2) is 5.75. The Morgan fingerprint density at radius 3 is 2.07 bits per heavy atom. The molecule has 3 heteroatoms. The van der Waals surface area contributed by atoms with Crippen molar-refractivity contribution in [2.45, 2.75) is 53.1 Å². The largest absolute Gasteiger partial charge is 0.459 e. The summed E-state index contributed by atoms with van der Waals surface area (Å²) in [5.41, 5.74) is -0.498. The van der Waals surface area contributed by atoms with Crippen LogP contribution in [-0.2, 0) is 9.53 Å². The zero-order valence-corrected chi connectivity index (χ0v) is 10.3. The Labute approximate surface area is 92.4 Å². The van der Waals surface area contributed by atoms with Crippen molar-refractivity contribution in [2.75, 3.05) is 0 Å². The van der Waals surface area contributed by atoms with Crippen molar-refractivity contribution >= 4 is 5.97 Å². The summed E-state index contributed by atoms with van der Waals surface area (Å²) >= 11 is 0. The van der Waals surface area contributed by atoms with E-state index in [9.17, 15) is 4.79 Å². The lowest BCUT2D eigenvalue weighted by Crippen LogP contribution is -2.44. The average molecular weight is 211 g/mol. The van der Waals surface area contributed by atoms with E-state index in [1.807, 2.05) is 27.7 Å². The molecule has 0 atom stereocenters. The predicted octanol–water partition coefficient (Wildman–Crippen LogP) is 2.90. The van der Waals surface area contributed by atoms with Gasteiger partial charge in [0.05, 0.1) is 6.07 Å². The lowest BCUT2D eigenvalue weighted by Gasteiger charge is -2.40. The van der Waals surface area contributed by atoms with E-state index in [0.717, 1.165) is 0 Å². The molecular formula is C12H21NO2. The van der Waals surface area contributed by atoms with Crippen molar-refractivity contribution in [1.82, 2.24) is 0 Å². The minimum absolute atomic E-state index is 0.217. The molecular weight excluding hydrogens is 190 g/mol. The normalized spacial score (nSPS) is 11.6. The molecule has 0 bridgehead atoms. The first-order chi connectivity index (χ1) is 6.86. The van der Waals surface area contributed by atoms with Gasteiger partial charge in [-0.2, -0.15) is 5.26 Å². The molecule has 86 valence electrons. The second-order valence-corrected chi connectivity index (χ2v) is 4.52. The Kier molecular flexibility index (Phi) is 5.35. The molecule has 0 spiro atoms. The van der Waals surface area contributed by atoms with Crippen molar-refractivity contribution < 1.29 is 9.53 Å². The molecule has 0 N–H and O–H groups in total. The zero-order valence-electron chi connectivity index (χ0n) is 10.3. The molecule has 0 aromatic carbocycles. The molecule has 0 rings (SSSR count). The summed E-state index contributed by atoms with van der Waals surface area (Å²) < 4.78 is 5.47. The number of hydrogen-bond acceptors (Lipinski definition) is 3. The van der Waals surface area contributed by atoms with Crippen molar-refractivity contribution in [3.63, 3.8) is 0 Å². The fraction of sp³-hybridized carbons (Fsp3) is 0.833. The zero-order chi connectivity index (χ0) is 12.1.